The summed E-state index contributed by atoms with van der Waals surface area (Å²) >= 11 is 1.55. The Hall–Kier alpha value is -2.99. The SMILES string of the molecule is Cc1cccc(/C=C/C(=O)OCC(=O)N(C)Cc2nc3ccccc3s2)c1. The van der Waals surface area contributed by atoms with Crippen molar-refractivity contribution < 1.29 is 14.3 Å². The van der Waals surface area contributed by atoms with Crippen molar-refractivity contribution in [3.63, 3.8) is 0 Å². The van der Waals surface area contributed by atoms with E-state index in [4.69, 9.17) is 4.74 Å². The van der Waals surface area contributed by atoms with E-state index in [0.29, 0.717) is 6.54 Å². The van der Waals surface area contributed by atoms with Crippen LogP contribution < -0.4 is 0 Å². The number of fused-ring (bicyclic) bond motifs is 1. The first-order valence-electron chi connectivity index (χ1n) is 8.51. The molecule has 0 N–H and O–H groups in total. The molecule has 6 heteroatoms. The third-order valence-electron chi connectivity index (χ3n) is 3.93. The van der Waals surface area contributed by atoms with Gasteiger partial charge >= 0.3 is 5.97 Å². The number of aryl methyl sites for hydroxylation is 1. The lowest BCUT2D eigenvalue weighted by molar-refractivity contribution is -0.147. The number of esters is 1. The molecule has 2 aromatic carbocycles. The molecule has 1 heterocycles. The smallest absolute Gasteiger partial charge is 0.331 e. The van der Waals surface area contributed by atoms with Gasteiger partial charge in [0.05, 0.1) is 16.8 Å². The quantitative estimate of drug-likeness (QED) is 0.482. The predicted octanol–water partition coefficient (Wildman–Crippen LogP) is 3.82. The number of nitrogens with zero attached hydrogens (tertiary/aromatic N) is 2. The Morgan fingerprint density at radius 1 is 1.19 bits per heavy atom. The minimum Gasteiger partial charge on any atom is -0.452 e. The van der Waals surface area contributed by atoms with E-state index in [1.165, 1.54) is 11.0 Å². The average Bonchev–Trinajstić information content (AvgIpc) is 3.06. The molecule has 3 aromatic rings. The lowest BCUT2D eigenvalue weighted by Gasteiger charge is -2.15. The second-order valence-electron chi connectivity index (χ2n) is 6.18. The first-order chi connectivity index (χ1) is 13.0. The Labute approximate surface area is 161 Å². The van der Waals surface area contributed by atoms with Crippen LogP contribution in [0.4, 0.5) is 0 Å². The summed E-state index contributed by atoms with van der Waals surface area (Å²) in [6.07, 6.45) is 3.00. The van der Waals surface area contributed by atoms with Gasteiger partial charge in [0.25, 0.3) is 5.91 Å². The number of carbonyl (C=O) groups excluding carboxylic acids is 2. The Bertz CT molecular complexity index is 961. The third kappa shape index (κ3) is 5.24. The Kier molecular flexibility index (Phi) is 5.98. The number of likely N-dealkylation sites (N-methyl/N-ethyl adjacent to an activating group) is 1. The summed E-state index contributed by atoms with van der Waals surface area (Å²) in [4.78, 5) is 30.0. The fourth-order valence-electron chi connectivity index (χ4n) is 2.51. The summed E-state index contributed by atoms with van der Waals surface area (Å²) < 4.78 is 6.12. The van der Waals surface area contributed by atoms with Crippen molar-refractivity contribution in [3.05, 3.63) is 70.7 Å². The molecule has 0 aliphatic rings. The number of para-hydroxylation sites is 1. The van der Waals surface area contributed by atoms with Gasteiger partial charge in [0, 0.05) is 13.1 Å². The highest BCUT2D eigenvalue weighted by Crippen LogP contribution is 2.22. The van der Waals surface area contributed by atoms with Crippen LogP contribution in [0.5, 0.6) is 0 Å². The molecule has 3 rings (SSSR count). The van der Waals surface area contributed by atoms with Crippen LogP contribution in [-0.4, -0.2) is 35.4 Å². The second kappa shape index (κ2) is 8.60. The van der Waals surface area contributed by atoms with E-state index < -0.39 is 5.97 Å². The fraction of sp³-hybridized carbons (Fsp3) is 0.190. The van der Waals surface area contributed by atoms with Crippen LogP contribution in [0.2, 0.25) is 0 Å². The minimum absolute atomic E-state index is 0.272. The second-order valence-corrected chi connectivity index (χ2v) is 7.30. The zero-order valence-corrected chi connectivity index (χ0v) is 16.0. The lowest BCUT2D eigenvalue weighted by Crippen LogP contribution is -2.30. The standard InChI is InChI=1S/C21H20N2O3S/c1-15-6-5-7-16(12-15)10-11-21(25)26-14-20(24)23(2)13-19-22-17-8-3-4-9-18(17)27-19/h3-12H,13-14H2,1-2H3/b11-10+. The molecule has 0 radical (unpaired) electrons. The topological polar surface area (TPSA) is 59.5 Å². The number of rotatable bonds is 6. The molecule has 0 aliphatic heterocycles. The van der Waals surface area contributed by atoms with Crippen molar-refractivity contribution in [3.8, 4) is 0 Å². The first-order valence-corrected chi connectivity index (χ1v) is 9.33. The molecular weight excluding hydrogens is 360 g/mol. The Morgan fingerprint density at radius 3 is 2.78 bits per heavy atom. The maximum Gasteiger partial charge on any atom is 0.331 e. The van der Waals surface area contributed by atoms with Gasteiger partial charge in [-0.1, -0.05) is 42.0 Å². The van der Waals surface area contributed by atoms with Gasteiger partial charge in [0.1, 0.15) is 5.01 Å². The molecule has 0 saturated carbocycles. The van der Waals surface area contributed by atoms with Crippen molar-refractivity contribution in [2.75, 3.05) is 13.7 Å². The number of thiazole rings is 1. The van der Waals surface area contributed by atoms with Gasteiger partial charge in [-0.2, -0.15) is 0 Å². The monoisotopic (exact) mass is 380 g/mol. The third-order valence-corrected chi connectivity index (χ3v) is 4.95. The van der Waals surface area contributed by atoms with Gasteiger partial charge in [-0.3, -0.25) is 4.79 Å². The van der Waals surface area contributed by atoms with Gasteiger partial charge in [-0.05, 0) is 30.7 Å². The maximum absolute atomic E-state index is 12.2. The van der Waals surface area contributed by atoms with Crippen molar-refractivity contribution >= 4 is 39.5 Å². The lowest BCUT2D eigenvalue weighted by atomic mass is 10.1. The molecule has 0 fully saturated rings. The molecule has 27 heavy (non-hydrogen) atoms. The number of carbonyl (C=O) groups is 2. The minimum atomic E-state index is -0.543. The molecular formula is C21H20N2O3S. The molecule has 0 saturated heterocycles. The first kappa shape index (κ1) is 18.8. The van der Waals surface area contributed by atoms with Gasteiger partial charge < -0.3 is 9.64 Å². The van der Waals surface area contributed by atoms with Crippen molar-refractivity contribution in [2.45, 2.75) is 13.5 Å². The fourth-order valence-corrected chi connectivity index (χ4v) is 3.53. The highest BCUT2D eigenvalue weighted by molar-refractivity contribution is 7.18. The molecule has 1 aromatic heterocycles. The zero-order chi connectivity index (χ0) is 19.2. The number of hydrogen-bond acceptors (Lipinski definition) is 5. The molecule has 138 valence electrons. The molecule has 5 nitrogen and oxygen atoms in total. The summed E-state index contributed by atoms with van der Waals surface area (Å²) in [5.74, 6) is -0.815. The Balaban J connectivity index is 1.49. The van der Waals surface area contributed by atoms with Crippen LogP contribution in [-0.2, 0) is 20.9 Å². The molecule has 0 spiro atoms. The molecule has 0 atom stereocenters. The van der Waals surface area contributed by atoms with Gasteiger partial charge in [0.15, 0.2) is 6.61 Å². The van der Waals surface area contributed by atoms with E-state index in [1.807, 2.05) is 55.5 Å². The van der Waals surface area contributed by atoms with E-state index in [9.17, 15) is 9.59 Å². The van der Waals surface area contributed by atoms with E-state index in [1.54, 1.807) is 24.5 Å². The zero-order valence-electron chi connectivity index (χ0n) is 15.2. The van der Waals surface area contributed by atoms with Crippen LogP contribution in [0.3, 0.4) is 0 Å². The number of benzene rings is 2. The normalized spacial score (nSPS) is 11.0. The molecule has 0 aliphatic carbocycles. The molecule has 1 amide bonds. The van der Waals surface area contributed by atoms with Crippen LogP contribution >= 0.6 is 11.3 Å². The van der Waals surface area contributed by atoms with Gasteiger partial charge in [-0.15, -0.1) is 11.3 Å². The molecule has 0 bridgehead atoms. The summed E-state index contributed by atoms with van der Waals surface area (Å²) in [7, 11) is 1.67. The van der Waals surface area contributed by atoms with E-state index in [-0.39, 0.29) is 12.5 Å². The Morgan fingerprint density at radius 2 is 2.00 bits per heavy atom. The van der Waals surface area contributed by atoms with Gasteiger partial charge in [0.2, 0.25) is 0 Å². The van der Waals surface area contributed by atoms with E-state index in [2.05, 4.69) is 4.98 Å². The molecule has 0 unspecified atom stereocenters. The van der Waals surface area contributed by atoms with Crippen LogP contribution in [0, 0.1) is 6.92 Å². The summed E-state index contributed by atoms with van der Waals surface area (Å²) in [5, 5.41) is 0.845. The van der Waals surface area contributed by atoms with Crippen molar-refractivity contribution in [2.24, 2.45) is 0 Å². The summed E-state index contributed by atoms with van der Waals surface area (Å²) in [6.45, 7) is 2.07. The number of ether oxygens (including phenoxy) is 1. The highest BCUT2D eigenvalue weighted by Gasteiger charge is 2.13. The van der Waals surface area contributed by atoms with Crippen LogP contribution in [0.15, 0.2) is 54.6 Å². The van der Waals surface area contributed by atoms with Crippen LogP contribution in [0.25, 0.3) is 16.3 Å². The van der Waals surface area contributed by atoms with Crippen molar-refractivity contribution in [1.29, 1.82) is 0 Å². The summed E-state index contributed by atoms with van der Waals surface area (Å²) in [6, 6.07) is 15.6. The highest BCUT2D eigenvalue weighted by atomic mass is 32.1. The maximum atomic E-state index is 12.2. The van der Waals surface area contributed by atoms with Gasteiger partial charge in [-0.25, -0.2) is 9.78 Å². The van der Waals surface area contributed by atoms with E-state index in [0.717, 1.165) is 26.4 Å². The van der Waals surface area contributed by atoms with Crippen molar-refractivity contribution in [1.82, 2.24) is 9.88 Å². The largest absolute Gasteiger partial charge is 0.452 e. The predicted molar refractivity (Wildman–Crippen MR) is 107 cm³/mol. The number of amides is 1. The van der Waals surface area contributed by atoms with Crippen LogP contribution in [0.1, 0.15) is 16.1 Å². The number of hydrogen-bond donors (Lipinski definition) is 0. The van der Waals surface area contributed by atoms with E-state index >= 15 is 0 Å². The summed E-state index contributed by atoms with van der Waals surface area (Å²) in [5.41, 5.74) is 2.94. The average molecular weight is 380 g/mol. The number of aromatic nitrogens is 1.